The number of amides is 1. The number of rotatable bonds is 9. The molecule has 0 aliphatic carbocycles. The quantitative estimate of drug-likeness (QED) is 0.557. The number of benzene rings is 1. The molecule has 1 unspecified atom stereocenters. The molecule has 7 nitrogen and oxygen atoms in total. The number of carbonyl (C=O) groups is 1. The average molecular weight is 284 g/mol. The van der Waals surface area contributed by atoms with E-state index in [9.17, 15) is 9.90 Å². The second-order valence-corrected chi connectivity index (χ2v) is 4.01. The summed E-state index contributed by atoms with van der Waals surface area (Å²) in [6.45, 7) is 1.08. The van der Waals surface area contributed by atoms with Crippen molar-refractivity contribution in [2.45, 2.75) is 6.10 Å². The summed E-state index contributed by atoms with van der Waals surface area (Å²) in [6, 6.07) is 7.08. The number of aliphatic hydroxyl groups is 1. The zero-order chi connectivity index (χ0) is 14.8. The van der Waals surface area contributed by atoms with Crippen LogP contribution < -0.4 is 20.5 Å². The summed E-state index contributed by atoms with van der Waals surface area (Å²) >= 11 is 0. The van der Waals surface area contributed by atoms with E-state index >= 15 is 0 Å². The van der Waals surface area contributed by atoms with Crippen molar-refractivity contribution >= 4 is 6.09 Å². The molecule has 1 aromatic rings. The van der Waals surface area contributed by atoms with Gasteiger partial charge in [-0.05, 0) is 24.3 Å². The Kier molecular flexibility index (Phi) is 7.23. The molecule has 0 aliphatic rings. The molecule has 1 rings (SSSR count). The van der Waals surface area contributed by atoms with E-state index in [-0.39, 0.29) is 13.2 Å². The molecule has 1 amide bonds. The highest BCUT2D eigenvalue weighted by atomic mass is 16.5. The smallest absolute Gasteiger partial charge is 0.404 e. The predicted octanol–water partition coefficient (Wildman–Crippen LogP) is 0.120. The SMILES string of the molecule is COc1ccc(OCC(O)CNCCOC(N)=O)cc1. The van der Waals surface area contributed by atoms with Crippen molar-refractivity contribution < 1.29 is 24.1 Å². The van der Waals surface area contributed by atoms with E-state index in [1.54, 1.807) is 31.4 Å². The van der Waals surface area contributed by atoms with Gasteiger partial charge in [0.05, 0.1) is 7.11 Å². The molecule has 112 valence electrons. The van der Waals surface area contributed by atoms with Crippen LogP contribution in [0, 0.1) is 0 Å². The number of hydrogen-bond acceptors (Lipinski definition) is 6. The average Bonchev–Trinajstić information content (AvgIpc) is 2.45. The highest BCUT2D eigenvalue weighted by molar-refractivity contribution is 5.64. The lowest BCUT2D eigenvalue weighted by Gasteiger charge is -2.13. The molecule has 0 spiro atoms. The van der Waals surface area contributed by atoms with Crippen LogP contribution in [0.5, 0.6) is 11.5 Å². The maximum atomic E-state index is 10.3. The number of aliphatic hydroxyl groups excluding tert-OH is 1. The van der Waals surface area contributed by atoms with Gasteiger partial charge < -0.3 is 30.4 Å². The highest BCUT2D eigenvalue weighted by Gasteiger charge is 2.05. The number of ether oxygens (including phenoxy) is 3. The summed E-state index contributed by atoms with van der Waals surface area (Å²) < 4.78 is 15.0. The van der Waals surface area contributed by atoms with Crippen LogP contribution >= 0.6 is 0 Å². The van der Waals surface area contributed by atoms with E-state index in [1.807, 2.05) is 0 Å². The second kappa shape index (κ2) is 9.00. The van der Waals surface area contributed by atoms with Gasteiger partial charge in [0, 0.05) is 13.1 Å². The lowest BCUT2D eigenvalue weighted by Crippen LogP contribution is -2.33. The number of nitrogens with two attached hydrogens (primary N) is 1. The molecule has 7 heteroatoms. The van der Waals surface area contributed by atoms with Crippen molar-refractivity contribution in [3.05, 3.63) is 24.3 Å². The first-order chi connectivity index (χ1) is 9.61. The van der Waals surface area contributed by atoms with Gasteiger partial charge in [-0.15, -0.1) is 0 Å². The van der Waals surface area contributed by atoms with E-state index in [2.05, 4.69) is 10.1 Å². The molecular formula is C13H20N2O5. The van der Waals surface area contributed by atoms with Crippen LogP contribution in [0.3, 0.4) is 0 Å². The minimum absolute atomic E-state index is 0.163. The van der Waals surface area contributed by atoms with Crippen molar-refractivity contribution in [2.75, 3.05) is 33.4 Å². The Bertz CT molecular complexity index is 396. The van der Waals surface area contributed by atoms with Crippen molar-refractivity contribution in [2.24, 2.45) is 5.73 Å². The highest BCUT2D eigenvalue weighted by Crippen LogP contribution is 2.16. The normalized spacial score (nSPS) is 11.7. The lowest BCUT2D eigenvalue weighted by molar-refractivity contribution is 0.104. The van der Waals surface area contributed by atoms with Crippen LogP contribution in [0.2, 0.25) is 0 Å². The summed E-state index contributed by atoms with van der Waals surface area (Å²) in [4.78, 5) is 10.3. The van der Waals surface area contributed by atoms with E-state index in [1.165, 1.54) is 0 Å². The van der Waals surface area contributed by atoms with Crippen molar-refractivity contribution in [3.63, 3.8) is 0 Å². The van der Waals surface area contributed by atoms with E-state index < -0.39 is 12.2 Å². The first-order valence-electron chi connectivity index (χ1n) is 6.19. The third kappa shape index (κ3) is 6.81. The predicted molar refractivity (Wildman–Crippen MR) is 72.9 cm³/mol. The zero-order valence-electron chi connectivity index (χ0n) is 11.4. The van der Waals surface area contributed by atoms with Gasteiger partial charge in [-0.1, -0.05) is 0 Å². The van der Waals surface area contributed by atoms with Crippen molar-refractivity contribution in [1.82, 2.24) is 5.32 Å². The molecule has 0 bridgehead atoms. The third-order valence-electron chi connectivity index (χ3n) is 2.40. The van der Waals surface area contributed by atoms with Gasteiger partial charge in [-0.3, -0.25) is 0 Å². The molecule has 20 heavy (non-hydrogen) atoms. The van der Waals surface area contributed by atoms with Gasteiger partial charge in [0.1, 0.15) is 30.8 Å². The van der Waals surface area contributed by atoms with Crippen LogP contribution in [-0.4, -0.2) is 50.7 Å². The number of primary amides is 1. The van der Waals surface area contributed by atoms with Crippen molar-refractivity contribution in [3.8, 4) is 11.5 Å². The molecular weight excluding hydrogens is 264 g/mol. The fourth-order valence-electron chi connectivity index (χ4n) is 1.42. The van der Waals surface area contributed by atoms with Gasteiger partial charge in [0.2, 0.25) is 0 Å². The first kappa shape index (κ1) is 16.1. The molecule has 0 saturated heterocycles. The van der Waals surface area contributed by atoms with Crippen LogP contribution in [0.25, 0.3) is 0 Å². The summed E-state index contributed by atoms with van der Waals surface area (Å²) in [5, 5.41) is 12.6. The lowest BCUT2D eigenvalue weighted by atomic mass is 10.3. The molecule has 0 aliphatic heterocycles. The monoisotopic (exact) mass is 284 g/mol. The Morgan fingerprint density at radius 1 is 1.35 bits per heavy atom. The largest absolute Gasteiger partial charge is 0.497 e. The van der Waals surface area contributed by atoms with Crippen LogP contribution in [0.15, 0.2) is 24.3 Å². The minimum atomic E-state index is -0.810. The Labute approximate surface area is 117 Å². The molecule has 0 saturated carbocycles. The molecule has 0 fully saturated rings. The topological polar surface area (TPSA) is 103 Å². The fraction of sp³-hybridized carbons (Fsp3) is 0.462. The fourth-order valence-corrected chi connectivity index (χ4v) is 1.42. The molecule has 1 aromatic carbocycles. The Hall–Kier alpha value is -1.99. The number of carbonyl (C=O) groups excluding carboxylic acids is 1. The summed E-state index contributed by atoms with van der Waals surface area (Å²) in [5.74, 6) is 1.40. The minimum Gasteiger partial charge on any atom is -0.497 e. The van der Waals surface area contributed by atoms with Gasteiger partial charge in [-0.25, -0.2) is 4.79 Å². The first-order valence-corrected chi connectivity index (χ1v) is 6.19. The summed E-state index contributed by atoms with van der Waals surface area (Å²) in [6.07, 6.45) is -1.47. The maximum Gasteiger partial charge on any atom is 0.404 e. The Morgan fingerprint density at radius 3 is 2.60 bits per heavy atom. The van der Waals surface area contributed by atoms with E-state index in [0.29, 0.717) is 18.8 Å². The van der Waals surface area contributed by atoms with Crippen LogP contribution in [0.1, 0.15) is 0 Å². The van der Waals surface area contributed by atoms with Crippen LogP contribution in [-0.2, 0) is 4.74 Å². The number of methoxy groups -OCH3 is 1. The van der Waals surface area contributed by atoms with Gasteiger partial charge in [0.25, 0.3) is 0 Å². The van der Waals surface area contributed by atoms with Gasteiger partial charge in [-0.2, -0.15) is 0 Å². The zero-order valence-corrected chi connectivity index (χ0v) is 11.4. The molecule has 0 radical (unpaired) electrons. The molecule has 0 heterocycles. The summed E-state index contributed by atoms with van der Waals surface area (Å²) in [5.41, 5.74) is 4.80. The second-order valence-electron chi connectivity index (χ2n) is 4.01. The van der Waals surface area contributed by atoms with E-state index in [4.69, 9.17) is 15.2 Å². The summed E-state index contributed by atoms with van der Waals surface area (Å²) in [7, 11) is 1.59. The Balaban J connectivity index is 2.12. The van der Waals surface area contributed by atoms with Crippen LogP contribution in [0.4, 0.5) is 4.79 Å². The molecule has 0 aromatic heterocycles. The van der Waals surface area contributed by atoms with Crippen molar-refractivity contribution in [1.29, 1.82) is 0 Å². The van der Waals surface area contributed by atoms with Gasteiger partial charge in [0.15, 0.2) is 0 Å². The third-order valence-corrected chi connectivity index (χ3v) is 2.40. The Morgan fingerprint density at radius 2 is 2.00 bits per heavy atom. The number of hydrogen-bond donors (Lipinski definition) is 3. The standard InChI is InChI=1S/C13H20N2O5/c1-18-11-2-4-12(5-3-11)20-9-10(16)8-15-6-7-19-13(14)17/h2-5,10,15-16H,6-9H2,1H3,(H2,14,17). The number of nitrogens with one attached hydrogen (secondary N) is 1. The van der Waals surface area contributed by atoms with Gasteiger partial charge >= 0.3 is 6.09 Å². The van der Waals surface area contributed by atoms with E-state index in [0.717, 1.165) is 5.75 Å². The molecule has 1 atom stereocenters. The molecule has 4 N–H and O–H groups in total. The maximum absolute atomic E-state index is 10.3.